The molecule has 0 spiro atoms. The fourth-order valence-corrected chi connectivity index (χ4v) is 1.63. The molecule has 0 saturated carbocycles. The minimum atomic E-state index is -0.222. The number of amides is 1. The predicted molar refractivity (Wildman–Crippen MR) is 70.5 cm³/mol. The largest absolute Gasteiger partial charge is 0.311 e. The number of amidine groups is 1. The third-order valence-electron chi connectivity index (χ3n) is 2.25. The maximum absolute atomic E-state index is 11.6. The highest BCUT2D eigenvalue weighted by molar-refractivity contribution is 6.04. The van der Waals surface area contributed by atoms with Crippen LogP contribution in [-0.2, 0) is 6.42 Å². The molecule has 0 heterocycles. The first-order chi connectivity index (χ1) is 7.78. The number of benzene rings is 1. The second-order valence-electron chi connectivity index (χ2n) is 5.51. The molecule has 2 N–H and O–H groups in total. The van der Waals surface area contributed by atoms with Crippen molar-refractivity contribution in [1.29, 1.82) is 5.41 Å². The standard InChI is InChI=1S/C14H20N2O/c1-10(15)16-13(17)12-7-5-11(6-8-12)9-14(2,3)4/h5-8H,9H2,1-4H3,(H2,15,16,17). The smallest absolute Gasteiger partial charge is 0.256 e. The molecule has 0 aromatic heterocycles. The molecule has 0 saturated heterocycles. The minimum absolute atomic E-state index is 0.161. The Balaban J connectivity index is 2.74. The first kappa shape index (κ1) is 13.4. The molecule has 0 fully saturated rings. The van der Waals surface area contributed by atoms with Crippen molar-refractivity contribution < 1.29 is 4.79 Å². The summed E-state index contributed by atoms with van der Waals surface area (Å²) in [5.41, 5.74) is 2.06. The molecule has 1 rings (SSSR count). The van der Waals surface area contributed by atoms with E-state index in [0.717, 1.165) is 6.42 Å². The van der Waals surface area contributed by atoms with Gasteiger partial charge in [0.1, 0.15) is 0 Å². The van der Waals surface area contributed by atoms with Crippen molar-refractivity contribution in [1.82, 2.24) is 5.32 Å². The number of rotatable bonds is 2. The van der Waals surface area contributed by atoms with Gasteiger partial charge >= 0.3 is 0 Å². The molecular formula is C14H20N2O. The lowest BCUT2D eigenvalue weighted by Gasteiger charge is -2.18. The van der Waals surface area contributed by atoms with E-state index in [1.54, 1.807) is 19.1 Å². The van der Waals surface area contributed by atoms with E-state index in [0.29, 0.717) is 5.56 Å². The molecule has 0 unspecified atom stereocenters. The predicted octanol–water partition coefficient (Wildman–Crippen LogP) is 3.00. The third-order valence-corrected chi connectivity index (χ3v) is 2.25. The van der Waals surface area contributed by atoms with Crippen LogP contribution in [0.3, 0.4) is 0 Å². The average molecular weight is 232 g/mol. The molecule has 0 radical (unpaired) electrons. The third kappa shape index (κ3) is 4.81. The van der Waals surface area contributed by atoms with Crippen LogP contribution < -0.4 is 5.32 Å². The van der Waals surface area contributed by atoms with Gasteiger partial charge in [0, 0.05) is 5.56 Å². The number of carbonyl (C=O) groups is 1. The Morgan fingerprint density at radius 1 is 1.24 bits per heavy atom. The maximum atomic E-state index is 11.6. The van der Waals surface area contributed by atoms with Crippen LogP contribution in [0.15, 0.2) is 24.3 Å². The van der Waals surface area contributed by atoms with E-state index in [4.69, 9.17) is 5.41 Å². The van der Waals surface area contributed by atoms with Crippen LogP contribution in [0.1, 0.15) is 43.6 Å². The summed E-state index contributed by atoms with van der Waals surface area (Å²) in [6.07, 6.45) is 0.985. The topological polar surface area (TPSA) is 53.0 Å². The van der Waals surface area contributed by atoms with Gasteiger partial charge in [0.15, 0.2) is 0 Å². The first-order valence-corrected chi connectivity index (χ1v) is 5.73. The van der Waals surface area contributed by atoms with Gasteiger partial charge in [-0.1, -0.05) is 32.9 Å². The molecule has 0 bridgehead atoms. The highest BCUT2D eigenvalue weighted by Crippen LogP contribution is 2.20. The summed E-state index contributed by atoms with van der Waals surface area (Å²) < 4.78 is 0. The van der Waals surface area contributed by atoms with Gasteiger partial charge < -0.3 is 5.32 Å². The Labute approximate surface area is 103 Å². The van der Waals surface area contributed by atoms with Gasteiger partial charge in [-0.25, -0.2) is 0 Å². The molecule has 0 aliphatic carbocycles. The summed E-state index contributed by atoms with van der Waals surface area (Å²) in [5, 5.41) is 9.67. The normalized spacial score (nSPS) is 11.1. The van der Waals surface area contributed by atoms with Crippen LogP contribution in [0, 0.1) is 10.8 Å². The van der Waals surface area contributed by atoms with Crippen LogP contribution in [-0.4, -0.2) is 11.7 Å². The molecule has 0 atom stereocenters. The lowest BCUT2D eigenvalue weighted by molar-refractivity contribution is 0.0976. The summed E-state index contributed by atoms with van der Waals surface area (Å²) in [6, 6.07) is 7.55. The fraction of sp³-hybridized carbons (Fsp3) is 0.429. The van der Waals surface area contributed by atoms with E-state index in [2.05, 4.69) is 26.1 Å². The number of hydrogen-bond acceptors (Lipinski definition) is 2. The van der Waals surface area contributed by atoms with E-state index in [-0.39, 0.29) is 17.2 Å². The molecule has 92 valence electrons. The van der Waals surface area contributed by atoms with Crippen molar-refractivity contribution in [3.63, 3.8) is 0 Å². The molecule has 1 aromatic rings. The van der Waals surface area contributed by atoms with Crippen molar-refractivity contribution in [2.24, 2.45) is 5.41 Å². The lowest BCUT2D eigenvalue weighted by atomic mass is 9.88. The van der Waals surface area contributed by atoms with Crippen LogP contribution in [0.25, 0.3) is 0 Å². The summed E-state index contributed by atoms with van der Waals surface area (Å²) >= 11 is 0. The van der Waals surface area contributed by atoms with Crippen molar-refractivity contribution >= 4 is 11.7 Å². The zero-order chi connectivity index (χ0) is 13.1. The highest BCUT2D eigenvalue weighted by Gasteiger charge is 2.12. The van der Waals surface area contributed by atoms with Crippen LogP contribution in [0.2, 0.25) is 0 Å². The Bertz CT molecular complexity index is 413. The lowest BCUT2D eigenvalue weighted by Crippen LogP contribution is -2.27. The van der Waals surface area contributed by atoms with Gasteiger partial charge in [-0.15, -0.1) is 0 Å². The number of hydrogen-bond donors (Lipinski definition) is 2. The molecule has 3 heteroatoms. The Kier molecular flexibility index (Phi) is 4.05. The quantitative estimate of drug-likeness (QED) is 0.597. The van der Waals surface area contributed by atoms with Crippen molar-refractivity contribution in [2.75, 3.05) is 0 Å². The highest BCUT2D eigenvalue weighted by atomic mass is 16.1. The molecule has 0 aliphatic heterocycles. The zero-order valence-corrected chi connectivity index (χ0v) is 10.9. The Morgan fingerprint density at radius 2 is 1.76 bits per heavy atom. The van der Waals surface area contributed by atoms with Crippen LogP contribution in [0.5, 0.6) is 0 Å². The minimum Gasteiger partial charge on any atom is -0.311 e. The summed E-state index contributed by atoms with van der Waals surface area (Å²) in [4.78, 5) is 11.6. The second-order valence-corrected chi connectivity index (χ2v) is 5.51. The van der Waals surface area contributed by atoms with Crippen molar-refractivity contribution in [3.05, 3.63) is 35.4 Å². The SMILES string of the molecule is CC(=N)NC(=O)c1ccc(CC(C)(C)C)cc1. The molecule has 3 nitrogen and oxygen atoms in total. The molecule has 17 heavy (non-hydrogen) atoms. The second kappa shape index (κ2) is 5.13. The summed E-state index contributed by atoms with van der Waals surface area (Å²) in [6.45, 7) is 8.11. The van der Waals surface area contributed by atoms with E-state index in [1.807, 2.05) is 12.1 Å². The van der Waals surface area contributed by atoms with Crippen LogP contribution in [0.4, 0.5) is 0 Å². The fourth-order valence-electron chi connectivity index (χ4n) is 1.63. The molecule has 1 aromatic carbocycles. The van der Waals surface area contributed by atoms with Gasteiger partial charge in [0.2, 0.25) is 0 Å². The molecular weight excluding hydrogens is 212 g/mol. The maximum Gasteiger partial charge on any atom is 0.256 e. The Hall–Kier alpha value is -1.64. The summed E-state index contributed by atoms with van der Waals surface area (Å²) in [7, 11) is 0. The van der Waals surface area contributed by atoms with E-state index in [9.17, 15) is 4.79 Å². The van der Waals surface area contributed by atoms with Crippen molar-refractivity contribution in [3.8, 4) is 0 Å². The van der Waals surface area contributed by atoms with E-state index >= 15 is 0 Å². The number of carbonyl (C=O) groups excluding carboxylic acids is 1. The van der Waals surface area contributed by atoms with Gasteiger partial charge in [-0.2, -0.15) is 0 Å². The molecule has 1 amide bonds. The van der Waals surface area contributed by atoms with Crippen LogP contribution >= 0.6 is 0 Å². The van der Waals surface area contributed by atoms with Crippen molar-refractivity contribution in [2.45, 2.75) is 34.1 Å². The Morgan fingerprint density at radius 3 is 2.18 bits per heavy atom. The zero-order valence-electron chi connectivity index (χ0n) is 10.9. The number of nitrogens with one attached hydrogen (secondary N) is 2. The van der Waals surface area contributed by atoms with Gasteiger partial charge in [0.25, 0.3) is 5.91 Å². The van der Waals surface area contributed by atoms with E-state index < -0.39 is 0 Å². The van der Waals surface area contributed by atoms with Gasteiger partial charge in [-0.3, -0.25) is 10.2 Å². The molecule has 0 aliphatic rings. The van der Waals surface area contributed by atoms with Gasteiger partial charge in [-0.05, 0) is 36.5 Å². The monoisotopic (exact) mass is 232 g/mol. The average Bonchev–Trinajstić information content (AvgIpc) is 2.15. The van der Waals surface area contributed by atoms with E-state index in [1.165, 1.54) is 5.56 Å². The first-order valence-electron chi connectivity index (χ1n) is 5.73. The van der Waals surface area contributed by atoms with Gasteiger partial charge in [0.05, 0.1) is 5.84 Å². The summed E-state index contributed by atoms with van der Waals surface area (Å²) in [5.74, 6) is -0.0615.